The molecule has 16 heavy (non-hydrogen) atoms. The molecule has 0 saturated heterocycles. The fourth-order valence-corrected chi connectivity index (χ4v) is 1.97. The Morgan fingerprint density at radius 2 is 1.81 bits per heavy atom. The van der Waals surface area contributed by atoms with Gasteiger partial charge in [0, 0.05) is 13.1 Å². The van der Waals surface area contributed by atoms with Crippen molar-refractivity contribution >= 4 is 10.8 Å². The number of hydrogen-bond acceptors (Lipinski definition) is 2. The summed E-state index contributed by atoms with van der Waals surface area (Å²) in [4.78, 5) is 2.13. The van der Waals surface area contributed by atoms with Crippen molar-refractivity contribution < 1.29 is 5.11 Å². The highest BCUT2D eigenvalue weighted by atomic mass is 16.3. The van der Waals surface area contributed by atoms with Crippen molar-refractivity contribution in [3.05, 3.63) is 48.0 Å². The van der Waals surface area contributed by atoms with E-state index in [2.05, 4.69) is 47.4 Å². The van der Waals surface area contributed by atoms with Gasteiger partial charge < -0.3 is 5.11 Å². The van der Waals surface area contributed by atoms with E-state index in [1.807, 2.05) is 7.05 Å². The molecule has 0 aliphatic rings. The van der Waals surface area contributed by atoms with Crippen LogP contribution < -0.4 is 0 Å². The summed E-state index contributed by atoms with van der Waals surface area (Å²) in [5.74, 6) is 0. The van der Waals surface area contributed by atoms with Crippen LogP contribution in [0.15, 0.2) is 42.5 Å². The van der Waals surface area contributed by atoms with Crippen molar-refractivity contribution in [1.82, 2.24) is 4.90 Å². The topological polar surface area (TPSA) is 23.5 Å². The Hall–Kier alpha value is -1.38. The Kier molecular flexibility index (Phi) is 3.54. The van der Waals surface area contributed by atoms with Crippen LogP contribution in [0.1, 0.15) is 5.56 Å². The second kappa shape index (κ2) is 5.10. The van der Waals surface area contributed by atoms with Crippen LogP contribution in [0, 0.1) is 0 Å². The number of aliphatic hydroxyl groups is 1. The predicted molar refractivity (Wildman–Crippen MR) is 67.4 cm³/mol. The molecule has 1 N–H and O–H groups in total. The van der Waals surface area contributed by atoms with Crippen molar-refractivity contribution in [3.8, 4) is 0 Å². The average molecular weight is 215 g/mol. The molecule has 0 radical (unpaired) electrons. The van der Waals surface area contributed by atoms with E-state index in [1.54, 1.807) is 0 Å². The van der Waals surface area contributed by atoms with Crippen molar-refractivity contribution in [2.24, 2.45) is 0 Å². The number of hydrogen-bond donors (Lipinski definition) is 1. The van der Waals surface area contributed by atoms with Gasteiger partial charge in [-0.05, 0) is 23.4 Å². The molecule has 2 aromatic carbocycles. The lowest BCUT2D eigenvalue weighted by molar-refractivity contribution is 0.217. The van der Waals surface area contributed by atoms with E-state index in [0.29, 0.717) is 6.54 Å². The summed E-state index contributed by atoms with van der Waals surface area (Å²) < 4.78 is 0. The largest absolute Gasteiger partial charge is 0.395 e. The molecule has 0 heterocycles. The summed E-state index contributed by atoms with van der Waals surface area (Å²) in [6.45, 7) is 1.80. The minimum atomic E-state index is 0.210. The van der Waals surface area contributed by atoms with Gasteiger partial charge in [-0.2, -0.15) is 0 Å². The minimum Gasteiger partial charge on any atom is -0.395 e. The van der Waals surface area contributed by atoms with Gasteiger partial charge in [-0.25, -0.2) is 0 Å². The van der Waals surface area contributed by atoms with Crippen molar-refractivity contribution in [2.45, 2.75) is 6.54 Å². The van der Waals surface area contributed by atoms with E-state index in [1.165, 1.54) is 16.3 Å². The first-order chi connectivity index (χ1) is 7.81. The van der Waals surface area contributed by atoms with Gasteiger partial charge in [0.1, 0.15) is 0 Å². The molecule has 2 heteroatoms. The SMILES string of the molecule is CN(CCO)Cc1cccc2ccccc12. The second-order valence-corrected chi connectivity index (χ2v) is 4.10. The van der Waals surface area contributed by atoms with Gasteiger partial charge >= 0.3 is 0 Å². The lowest BCUT2D eigenvalue weighted by Gasteiger charge is -2.16. The second-order valence-electron chi connectivity index (χ2n) is 4.10. The zero-order chi connectivity index (χ0) is 11.4. The highest BCUT2D eigenvalue weighted by Crippen LogP contribution is 2.19. The molecule has 2 aromatic rings. The molecular weight excluding hydrogens is 198 g/mol. The zero-order valence-corrected chi connectivity index (χ0v) is 9.56. The Labute approximate surface area is 96.1 Å². The Morgan fingerprint density at radius 1 is 1.06 bits per heavy atom. The quantitative estimate of drug-likeness (QED) is 0.845. The molecule has 0 aliphatic carbocycles. The smallest absolute Gasteiger partial charge is 0.0558 e. The van der Waals surface area contributed by atoms with E-state index in [0.717, 1.165) is 6.54 Å². The van der Waals surface area contributed by atoms with Crippen LogP contribution in [0.3, 0.4) is 0 Å². The van der Waals surface area contributed by atoms with Crippen LogP contribution in [0.4, 0.5) is 0 Å². The number of aliphatic hydroxyl groups excluding tert-OH is 1. The molecule has 0 amide bonds. The van der Waals surface area contributed by atoms with Crippen LogP contribution in [0.2, 0.25) is 0 Å². The number of rotatable bonds is 4. The Balaban J connectivity index is 2.30. The molecule has 0 atom stereocenters. The van der Waals surface area contributed by atoms with Gasteiger partial charge in [0.15, 0.2) is 0 Å². The lowest BCUT2D eigenvalue weighted by atomic mass is 10.0. The summed E-state index contributed by atoms with van der Waals surface area (Å²) in [6.07, 6.45) is 0. The molecule has 0 aromatic heterocycles. The molecule has 0 aliphatic heterocycles. The third-order valence-electron chi connectivity index (χ3n) is 2.80. The van der Waals surface area contributed by atoms with E-state index < -0.39 is 0 Å². The van der Waals surface area contributed by atoms with Crippen molar-refractivity contribution in [2.75, 3.05) is 20.2 Å². The monoisotopic (exact) mass is 215 g/mol. The Morgan fingerprint density at radius 3 is 2.62 bits per heavy atom. The van der Waals surface area contributed by atoms with E-state index in [9.17, 15) is 0 Å². The van der Waals surface area contributed by atoms with Gasteiger partial charge in [0.05, 0.1) is 6.61 Å². The Bertz CT molecular complexity index is 462. The predicted octanol–water partition coefficient (Wildman–Crippen LogP) is 2.26. The standard InChI is InChI=1S/C14H17NO/c1-15(9-10-16)11-13-7-4-6-12-5-2-3-8-14(12)13/h2-8,16H,9-11H2,1H3. The highest BCUT2D eigenvalue weighted by Gasteiger charge is 2.03. The summed E-state index contributed by atoms with van der Waals surface area (Å²) in [6, 6.07) is 14.8. The average Bonchev–Trinajstić information content (AvgIpc) is 2.30. The van der Waals surface area contributed by atoms with E-state index in [4.69, 9.17) is 5.11 Å². The summed E-state index contributed by atoms with van der Waals surface area (Å²) >= 11 is 0. The van der Waals surface area contributed by atoms with E-state index in [-0.39, 0.29) is 6.61 Å². The fourth-order valence-electron chi connectivity index (χ4n) is 1.97. The number of fused-ring (bicyclic) bond motifs is 1. The fraction of sp³-hybridized carbons (Fsp3) is 0.286. The minimum absolute atomic E-state index is 0.210. The van der Waals surface area contributed by atoms with Crippen LogP contribution >= 0.6 is 0 Å². The van der Waals surface area contributed by atoms with Crippen LogP contribution in [0.25, 0.3) is 10.8 Å². The molecule has 0 fully saturated rings. The highest BCUT2D eigenvalue weighted by molar-refractivity contribution is 5.85. The van der Waals surface area contributed by atoms with E-state index >= 15 is 0 Å². The maximum Gasteiger partial charge on any atom is 0.0558 e. The maximum absolute atomic E-state index is 8.89. The molecule has 84 valence electrons. The van der Waals surface area contributed by atoms with Crippen LogP contribution in [-0.2, 0) is 6.54 Å². The number of benzene rings is 2. The molecule has 0 unspecified atom stereocenters. The first-order valence-electron chi connectivity index (χ1n) is 5.57. The third kappa shape index (κ3) is 2.40. The van der Waals surface area contributed by atoms with Crippen LogP contribution in [-0.4, -0.2) is 30.2 Å². The third-order valence-corrected chi connectivity index (χ3v) is 2.80. The molecule has 0 bridgehead atoms. The number of nitrogens with zero attached hydrogens (tertiary/aromatic N) is 1. The normalized spacial score (nSPS) is 11.2. The summed E-state index contributed by atoms with van der Waals surface area (Å²) in [5.41, 5.74) is 1.31. The number of likely N-dealkylation sites (N-methyl/N-ethyl adjacent to an activating group) is 1. The van der Waals surface area contributed by atoms with Gasteiger partial charge in [-0.15, -0.1) is 0 Å². The molecular formula is C14H17NO. The summed E-state index contributed by atoms with van der Waals surface area (Å²) in [5, 5.41) is 11.5. The van der Waals surface area contributed by atoms with Gasteiger partial charge in [0.2, 0.25) is 0 Å². The van der Waals surface area contributed by atoms with Crippen molar-refractivity contribution in [1.29, 1.82) is 0 Å². The molecule has 2 rings (SSSR count). The molecule has 2 nitrogen and oxygen atoms in total. The zero-order valence-electron chi connectivity index (χ0n) is 9.56. The van der Waals surface area contributed by atoms with Gasteiger partial charge in [-0.1, -0.05) is 42.5 Å². The van der Waals surface area contributed by atoms with Gasteiger partial charge in [0.25, 0.3) is 0 Å². The first kappa shape index (κ1) is 11.1. The maximum atomic E-state index is 8.89. The molecule has 0 saturated carbocycles. The molecule has 0 spiro atoms. The summed E-state index contributed by atoms with van der Waals surface area (Å²) in [7, 11) is 2.03. The first-order valence-corrected chi connectivity index (χ1v) is 5.57. The van der Waals surface area contributed by atoms with Crippen LogP contribution in [0.5, 0.6) is 0 Å². The lowest BCUT2D eigenvalue weighted by Crippen LogP contribution is -2.21. The van der Waals surface area contributed by atoms with Gasteiger partial charge in [-0.3, -0.25) is 4.90 Å². The van der Waals surface area contributed by atoms with Crippen molar-refractivity contribution in [3.63, 3.8) is 0 Å².